The van der Waals surface area contributed by atoms with E-state index in [2.05, 4.69) is 20.9 Å². The Morgan fingerprint density at radius 3 is 2.35 bits per heavy atom. The molecule has 1 aliphatic heterocycles. The lowest BCUT2D eigenvalue weighted by atomic mass is 9.54. The van der Waals surface area contributed by atoms with Gasteiger partial charge in [0, 0.05) is 80.0 Å². The highest BCUT2D eigenvalue weighted by molar-refractivity contribution is 6.31. The molecule has 15 nitrogen and oxygen atoms in total. The lowest BCUT2D eigenvalue weighted by molar-refractivity contribution is -0.149. The number of allylic oxidation sites excluding steroid dienone is 1. The van der Waals surface area contributed by atoms with Gasteiger partial charge < -0.3 is 39.3 Å². The van der Waals surface area contributed by atoms with Crippen LogP contribution in [0.15, 0.2) is 82.6 Å². The Morgan fingerprint density at radius 1 is 0.984 bits per heavy atom. The van der Waals surface area contributed by atoms with Crippen molar-refractivity contribution in [2.45, 2.75) is 63.8 Å². The number of carbonyl (C=O) groups excluding carboxylic acids is 6. The summed E-state index contributed by atoms with van der Waals surface area (Å²) in [5.41, 5.74) is -0.621. The van der Waals surface area contributed by atoms with Crippen LogP contribution in [0.5, 0.6) is 11.5 Å². The summed E-state index contributed by atoms with van der Waals surface area (Å²) in [5, 5.41) is 6.83. The van der Waals surface area contributed by atoms with Gasteiger partial charge in [0.1, 0.15) is 47.0 Å². The Bertz CT molecular complexity index is 2580. The van der Waals surface area contributed by atoms with Gasteiger partial charge in [-0.1, -0.05) is 18.5 Å². The van der Waals surface area contributed by atoms with Crippen LogP contribution in [0.3, 0.4) is 0 Å². The number of fused-ring (bicyclic) bond motifs is 3. The number of ether oxygens (including phenoxy) is 4. The van der Waals surface area contributed by atoms with E-state index in [4.69, 9.17) is 35.0 Å². The zero-order chi connectivity index (χ0) is 45.6. The molecule has 63 heavy (non-hydrogen) atoms. The molecule has 0 radical (unpaired) electrons. The van der Waals surface area contributed by atoms with Gasteiger partial charge in [0.15, 0.2) is 5.76 Å². The van der Waals surface area contributed by atoms with Crippen LogP contribution in [0.1, 0.15) is 82.6 Å². The summed E-state index contributed by atoms with van der Waals surface area (Å²) in [6.45, 7) is 5.11. The number of cyclic esters (lactones) is 1. The van der Waals surface area contributed by atoms with Crippen LogP contribution in [-0.4, -0.2) is 73.4 Å². The van der Waals surface area contributed by atoms with Gasteiger partial charge in [0.25, 0.3) is 5.91 Å². The number of anilines is 2. The van der Waals surface area contributed by atoms with E-state index in [0.29, 0.717) is 46.7 Å². The number of nitrogens with one attached hydrogen (secondary N) is 3. The second kappa shape index (κ2) is 17.0. The molecule has 3 heterocycles. The highest BCUT2D eigenvalue weighted by atomic mass is 35.5. The molecule has 2 aromatic heterocycles. The number of hydrogen-bond acceptors (Lipinski definition) is 12. The lowest BCUT2D eigenvalue weighted by Gasteiger charge is -2.51. The maximum absolute atomic E-state index is 13.7. The van der Waals surface area contributed by atoms with Crippen molar-refractivity contribution in [2.24, 2.45) is 11.3 Å². The molecular formula is C44H40ClF3N4O11. The second-order valence-electron chi connectivity index (χ2n) is 15.6. The zero-order valence-corrected chi connectivity index (χ0v) is 35.1. The Labute approximate surface area is 362 Å². The van der Waals surface area contributed by atoms with E-state index in [1.807, 2.05) is 13.8 Å². The van der Waals surface area contributed by atoms with Crippen molar-refractivity contribution >= 4 is 58.4 Å². The number of nitrogens with zero attached hydrogens (tertiary/aromatic N) is 1. The minimum Gasteiger partial charge on any atom is -0.460 e. The fourth-order valence-electron chi connectivity index (χ4n) is 8.86. The number of alkyl halides is 3. The van der Waals surface area contributed by atoms with Gasteiger partial charge in [0.2, 0.25) is 5.78 Å². The van der Waals surface area contributed by atoms with Crippen LogP contribution < -0.4 is 20.7 Å². The van der Waals surface area contributed by atoms with Gasteiger partial charge in [-0.2, -0.15) is 13.2 Å². The molecule has 3 aliphatic carbocycles. The lowest BCUT2D eigenvalue weighted by Crippen LogP contribution is -2.57. The first kappa shape index (κ1) is 44.5. The van der Waals surface area contributed by atoms with E-state index in [9.17, 15) is 41.9 Å². The fourth-order valence-corrected chi connectivity index (χ4v) is 9.09. The van der Waals surface area contributed by atoms with Crippen molar-refractivity contribution in [3.05, 3.63) is 111 Å². The molecule has 1 saturated carbocycles. The molecule has 3 amide bonds. The first-order chi connectivity index (χ1) is 29.8. The summed E-state index contributed by atoms with van der Waals surface area (Å²) in [7, 11) is 2.99. The number of aromatic nitrogens is 1. The first-order valence-electron chi connectivity index (χ1n) is 19.5. The first-order valence-corrected chi connectivity index (χ1v) is 19.9. The normalized spacial score (nSPS) is 23.3. The topological polar surface area (TPSA) is 201 Å². The predicted molar refractivity (Wildman–Crippen MR) is 218 cm³/mol. The fraction of sp³-hybridized carbons (Fsp3) is 0.341. The number of hydrogen-bond donors (Lipinski definition) is 3. The maximum Gasteiger partial charge on any atom is 0.417 e. The average molecular weight is 893 g/mol. The number of ketones is 2. The minimum atomic E-state index is -4.64. The van der Waals surface area contributed by atoms with Gasteiger partial charge in [-0.05, 0) is 67.4 Å². The number of halogens is 4. The van der Waals surface area contributed by atoms with Crippen LogP contribution in [-0.2, 0) is 35.4 Å². The van der Waals surface area contributed by atoms with Crippen molar-refractivity contribution in [2.75, 3.05) is 31.4 Å². The van der Waals surface area contributed by atoms with E-state index in [0.717, 1.165) is 12.1 Å². The number of carbonyl (C=O) groups is 6. The second-order valence-corrected chi connectivity index (χ2v) is 16.1. The van der Waals surface area contributed by atoms with Crippen LogP contribution in [0.25, 0.3) is 0 Å². The van der Waals surface area contributed by atoms with Crippen LogP contribution in [0, 0.1) is 11.3 Å². The molecule has 4 aromatic rings. The summed E-state index contributed by atoms with van der Waals surface area (Å²) in [6.07, 6.45) is -2.30. The predicted octanol–water partition coefficient (Wildman–Crippen LogP) is 8.09. The Kier molecular flexibility index (Phi) is 12.0. The standard InChI is InChI=1S/C23H24O8.C21H16ClF3N4O3/c1-10(24)30-13-7-22(2)12(5-6-14(22)25)16-18(13)23(3)15(9-28-4)31-21(27)11-8-29-20(17(11)23)19(16)26;1-26-19(30)18-11-15(8-9-27-18)32-14-5-2-12(3-6-14)28-20(31)29-13-4-7-17(22)16(10-13)21(23,24)25/h8,12-13,15H,5-7,9H2,1-4H3;2-11H,1H3,(H,26,30)(H2,28,29,31)/t12-,13+,15+,22-,23-;/m0./s1. The molecule has 1 fully saturated rings. The highest BCUT2D eigenvalue weighted by Crippen LogP contribution is 2.61. The number of esters is 2. The Balaban J connectivity index is 0.000000189. The number of urea groups is 1. The molecule has 0 unspecified atom stereocenters. The number of methoxy groups -OCH3 is 1. The largest absolute Gasteiger partial charge is 0.460 e. The van der Waals surface area contributed by atoms with E-state index in [-0.39, 0.29) is 59.1 Å². The number of benzene rings is 2. The molecule has 330 valence electrons. The van der Waals surface area contributed by atoms with E-state index >= 15 is 0 Å². The van der Waals surface area contributed by atoms with E-state index in [1.165, 1.54) is 45.7 Å². The quantitative estimate of drug-likeness (QED) is 0.144. The van der Waals surface area contributed by atoms with Gasteiger partial charge in [-0.3, -0.25) is 24.2 Å². The molecule has 19 heteroatoms. The van der Waals surface area contributed by atoms with Crippen molar-refractivity contribution < 1.29 is 65.3 Å². The van der Waals surface area contributed by atoms with Crippen LogP contribution >= 0.6 is 11.6 Å². The smallest absolute Gasteiger partial charge is 0.417 e. The highest BCUT2D eigenvalue weighted by Gasteiger charge is 2.64. The third-order valence-electron chi connectivity index (χ3n) is 11.8. The average Bonchev–Trinajstić information content (AvgIpc) is 3.82. The van der Waals surface area contributed by atoms with Crippen molar-refractivity contribution in [1.82, 2.24) is 10.3 Å². The third kappa shape index (κ3) is 8.27. The Hall–Kier alpha value is -6.53. The monoisotopic (exact) mass is 892 g/mol. The van der Waals surface area contributed by atoms with E-state index in [1.54, 1.807) is 30.3 Å². The third-order valence-corrected chi connectivity index (χ3v) is 12.1. The Morgan fingerprint density at radius 2 is 1.68 bits per heavy atom. The molecule has 5 atom stereocenters. The number of furan rings is 1. The van der Waals surface area contributed by atoms with E-state index < -0.39 is 57.8 Å². The van der Waals surface area contributed by atoms with Crippen LogP contribution in [0.2, 0.25) is 5.02 Å². The molecular weight excluding hydrogens is 853 g/mol. The number of pyridine rings is 1. The van der Waals surface area contributed by atoms with Crippen LogP contribution in [0.4, 0.5) is 29.3 Å². The van der Waals surface area contributed by atoms with Gasteiger partial charge in [-0.25, -0.2) is 9.59 Å². The molecule has 2 aromatic carbocycles. The summed E-state index contributed by atoms with van der Waals surface area (Å²) >= 11 is 5.57. The summed E-state index contributed by atoms with van der Waals surface area (Å²) in [5.74, 6) is -1.12. The van der Waals surface area contributed by atoms with Crippen molar-refractivity contribution in [3.8, 4) is 11.5 Å². The molecule has 0 bridgehead atoms. The summed E-state index contributed by atoms with van der Waals surface area (Å²) in [4.78, 5) is 78.9. The van der Waals surface area contributed by atoms with Gasteiger partial charge in [-0.15, -0.1) is 0 Å². The number of rotatable bonds is 8. The summed E-state index contributed by atoms with van der Waals surface area (Å²) < 4.78 is 66.9. The van der Waals surface area contributed by atoms with Crippen molar-refractivity contribution in [1.29, 1.82) is 0 Å². The number of Topliss-reactive ketones (excluding diaryl/α,β-unsaturated/α-hetero) is 2. The summed E-state index contributed by atoms with van der Waals surface area (Å²) in [6, 6.07) is 11.6. The maximum atomic E-state index is 13.7. The zero-order valence-electron chi connectivity index (χ0n) is 34.4. The minimum absolute atomic E-state index is 0.0635. The molecule has 0 saturated heterocycles. The number of amides is 3. The molecule has 3 N–H and O–H groups in total. The molecule has 4 aliphatic rings. The van der Waals surface area contributed by atoms with Crippen molar-refractivity contribution in [3.63, 3.8) is 0 Å². The molecule has 0 spiro atoms. The van der Waals surface area contributed by atoms with Gasteiger partial charge >= 0.3 is 24.1 Å². The molecule has 8 rings (SSSR count). The SMILES string of the molecule is CNC(=O)c1cc(Oc2ccc(NC(=O)Nc3ccc(Cl)c(C(F)(F)F)c3)cc2)ccn1.COC[C@H]1OC(=O)c2coc3c2[C@@]1(C)C1=C(C3=O)[C@@H]2CCC(=O)[C@@]2(C)C[C@H]1OC(C)=O. The van der Waals surface area contributed by atoms with Gasteiger partial charge in [0.05, 0.1) is 22.6 Å².